The number of aromatic nitrogens is 1. The number of hydrogen-bond acceptors (Lipinski definition) is 2. The Balaban J connectivity index is 2.41. The van der Waals surface area contributed by atoms with E-state index in [1.807, 2.05) is 19.3 Å². The average Bonchev–Trinajstić information content (AvgIpc) is 2.35. The summed E-state index contributed by atoms with van der Waals surface area (Å²) in [7, 11) is 2.01. The van der Waals surface area contributed by atoms with E-state index in [4.69, 9.17) is 0 Å². The molecule has 0 saturated carbocycles. The van der Waals surface area contributed by atoms with E-state index in [1.165, 1.54) is 32.1 Å². The van der Waals surface area contributed by atoms with Crippen molar-refractivity contribution in [2.45, 2.75) is 51.5 Å². The van der Waals surface area contributed by atoms with Crippen LogP contribution in [0.15, 0.2) is 22.8 Å². The maximum Gasteiger partial charge on any atom is 0.0714 e. The van der Waals surface area contributed by atoms with E-state index >= 15 is 0 Å². The first-order valence-corrected chi connectivity index (χ1v) is 7.36. The second-order valence-electron chi connectivity index (χ2n) is 4.41. The van der Waals surface area contributed by atoms with Gasteiger partial charge in [0.25, 0.3) is 0 Å². The summed E-state index contributed by atoms with van der Waals surface area (Å²) in [5, 5.41) is 3.36. The first-order chi connectivity index (χ1) is 8.29. The van der Waals surface area contributed by atoms with Crippen molar-refractivity contribution >= 4 is 15.9 Å². The minimum Gasteiger partial charge on any atom is -0.312 e. The molecule has 0 amide bonds. The molecule has 1 heterocycles. The summed E-state index contributed by atoms with van der Waals surface area (Å²) in [6.45, 7) is 2.25. The molecule has 17 heavy (non-hydrogen) atoms. The molecule has 0 aliphatic carbocycles. The second kappa shape index (κ2) is 8.65. The maximum absolute atomic E-state index is 4.46. The lowest BCUT2D eigenvalue weighted by Crippen LogP contribution is -2.18. The van der Waals surface area contributed by atoms with Crippen molar-refractivity contribution in [2.24, 2.45) is 0 Å². The molecule has 0 aliphatic rings. The highest BCUT2D eigenvalue weighted by Crippen LogP contribution is 2.24. The van der Waals surface area contributed by atoms with Gasteiger partial charge in [-0.2, -0.15) is 0 Å². The van der Waals surface area contributed by atoms with Crippen molar-refractivity contribution in [3.63, 3.8) is 0 Å². The molecule has 96 valence electrons. The van der Waals surface area contributed by atoms with Crippen LogP contribution in [0.2, 0.25) is 0 Å². The summed E-state index contributed by atoms with van der Waals surface area (Å²) in [4.78, 5) is 4.46. The number of nitrogens with one attached hydrogen (secondary N) is 1. The van der Waals surface area contributed by atoms with Crippen LogP contribution in [0.3, 0.4) is 0 Å². The minimum absolute atomic E-state index is 0.368. The number of rotatable bonds is 8. The van der Waals surface area contributed by atoms with Gasteiger partial charge in [0.05, 0.1) is 11.7 Å². The van der Waals surface area contributed by atoms with Crippen LogP contribution in [0.4, 0.5) is 0 Å². The smallest absolute Gasteiger partial charge is 0.0714 e. The van der Waals surface area contributed by atoms with E-state index in [0.717, 1.165) is 16.6 Å². The molecule has 0 saturated heterocycles. The van der Waals surface area contributed by atoms with Gasteiger partial charge in [0, 0.05) is 10.7 Å². The quantitative estimate of drug-likeness (QED) is 0.717. The van der Waals surface area contributed by atoms with Crippen LogP contribution in [0.5, 0.6) is 0 Å². The number of halogens is 1. The van der Waals surface area contributed by atoms with Gasteiger partial charge < -0.3 is 5.32 Å². The Morgan fingerprint density at radius 1 is 1.29 bits per heavy atom. The first kappa shape index (κ1) is 14.7. The van der Waals surface area contributed by atoms with E-state index in [1.54, 1.807) is 0 Å². The second-order valence-corrected chi connectivity index (χ2v) is 5.27. The normalized spacial score (nSPS) is 12.6. The monoisotopic (exact) mass is 298 g/mol. The van der Waals surface area contributed by atoms with Crippen LogP contribution in [-0.4, -0.2) is 12.0 Å². The lowest BCUT2D eigenvalue weighted by atomic mass is 10.0. The van der Waals surface area contributed by atoms with E-state index in [0.29, 0.717) is 6.04 Å². The van der Waals surface area contributed by atoms with Crippen molar-refractivity contribution in [2.75, 3.05) is 7.05 Å². The Morgan fingerprint density at radius 3 is 2.71 bits per heavy atom. The number of hydrogen-bond donors (Lipinski definition) is 1. The standard InChI is InChI=1S/C14H23BrN2/c1-3-4-5-6-7-10-13(16-2)14-12(15)9-8-11-17-14/h8-9,11,13,16H,3-7,10H2,1-2H3. The molecule has 3 heteroatoms. The summed E-state index contributed by atoms with van der Waals surface area (Å²) in [6, 6.07) is 4.39. The Kier molecular flexibility index (Phi) is 7.45. The summed E-state index contributed by atoms with van der Waals surface area (Å²) in [6.07, 6.45) is 9.65. The topological polar surface area (TPSA) is 24.9 Å². The van der Waals surface area contributed by atoms with Crippen LogP contribution in [-0.2, 0) is 0 Å². The Hall–Kier alpha value is -0.410. The zero-order chi connectivity index (χ0) is 12.5. The van der Waals surface area contributed by atoms with Crippen molar-refractivity contribution in [3.8, 4) is 0 Å². The molecule has 0 spiro atoms. The molecule has 1 atom stereocenters. The average molecular weight is 299 g/mol. The lowest BCUT2D eigenvalue weighted by molar-refractivity contribution is 0.490. The molecule has 2 nitrogen and oxygen atoms in total. The van der Waals surface area contributed by atoms with Crippen LogP contribution in [0, 0.1) is 0 Å². The Labute approximate surface area is 113 Å². The van der Waals surface area contributed by atoms with Gasteiger partial charge in [0.15, 0.2) is 0 Å². The van der Waals surface area contributed by atoms with Gasteiger partial charge >= 0.3 is 0 Å². The summed E-state index contributed by atoms with van der Waals surface area (Å²) < 4.78 is 1.10. The molecule has 0 bridgehead atoms. The third kappa shape index (κ3) is 5.17. The first-order valence-electron chi connectivity index (χ1n) is 6.57. The molecule has 0 aliphatic heterocycles. The highest BCUT2D eigenvalue weighted by Gasteiger charge is 2.12. The fraction of sp³-hybridized carbons (Fsp3) is 0.643. The van der Waals surface area contributed by atoms with Gasteiger partial charge in [-0.3, -0.25) is 4.98 Å². The summed E-state index contributed by atoms with van der Waals surface area (Å²) in [5.41, 5.74) is 1.13. The van der Waals surface area contributed by atoms with Gasteiger partial charge in [-0.15, -0.1) is 0 Å². The predicted octanol–water partition coefficient (Wildman–Crippen LogP) is 4.47. The summed E-state index contributed by atoms with van der Waals surface area (Å²) in [5.74, 6) is 0. The molecular weight excluding hydrogens is 276 g/mol. The maximum atomic E-state index is 4.46. The third-order valence-electron chi connectivity index (χ3n) is 3.06. The van der Waals surface area contributed by atoms with Crippen molar-refractivity contribution in [1.82, 2.24) is 10.3 Å². The molecule has 1 aromatic heterocycles. The number of pyridine rings is 1. The minimum atomic E-state index is 0.368. The van der Waals surface area contributed by atoms with Gasteiger partial charge in [0.1, 0.15) is 0 Å². The van der Waals surface area contributed by atoms with Gasteiger partial charge in [-0.1, -0.05) is 39.0 Å². The zero-order valence-corrected chi connectivity index (χ0v) is 12.5. The van der Waals surface area contributed by atoms with Crippen LogP contribution in [0.1, 0.15) is 57.2 Å². The number of unbranched alkanes of at least 4 members (excludes halogenated alkanes) is 4. The largest absolute Gasteiger partial charge is 0.312 e. The van der Waals surface area contributed by atoms with Crippen molar-refractivity contribution in [1.29, 1.82) is 0 Å². The molecule has 1 unspecified atom stereocenters. The fourth-order valence-corrected chi connectivity index (χ4v) is 2.56. The molecular formula is C14H23BrN2. The number of nitrogens with zero attached hydrogens (tertiary/aromatic N) is 1. The van der Waals surface area contributed by atoms with E-state index in [9.17, 15) is 0 Å². The van der Waals surface area contributed by atoms with Crippen molar-refractivity contribution < 1.29 is 0 Å². The molecule has 1 N–H and O–H groups in total. The highest BCUT2D eigenvalue weighted by atomic mass is 79.9. The van der Waals surface area contributed by atoms with Gasteiger partial charge in [0.2, 0.25) is 0 Å². The molecule has 0 fully saturated rings. The van der Waals surface area contributed by atoms with Gasteiger partial charge in [-0.05, 0) is 41.5 Å². The molecule has 0 radical (unpaired) electrons. The van der Waals surface area contributed by atoms with Gasteiger partial charge in [-0.25, -0.2) is 0 Å². The third-order valence-corrected chi connectivity index (χ3v) is 3.73. The molecule has 0 aromatic carbocycles. The van der Waals surface area contributed by atoms with E-state index in [2.05, 4.69) is 39.2 Å². The Bertz CT molecular complexity index is 315. The predicted molar refractivity (Wildman–Crippen MR) is 77.1 cm³/mol. The zero-order valence-electron chi connectivity index (χ0n) is 10.9. The lowest BCUT2D eigenvalue weighted by Gasteiger charge is -2.16. The summed E-state index contributed by atoms with van der Waals surface area (Å²) >= 11 is 3.57. The molecule has 1 aromatic rings. The highest BCUT2D eigenvalue weighted by molar-refractivity contribution is 9.10. The fourth-order valence-electron chi connectivity index (χ4n) is 2.02. The van der Waals surface area contributed by atoms with Crippen LogP contribution in [0.25, 0.3) is 0 Å². The van der Waals surface area contributed by atoms with Crippen LogP contribution >= 0.6 is 15.9 Å². The van der Waals surface area contributed by atoms with Crippen molar-refractivity contribution in [3.05, 3.63) is 28.5 Å². The molecule has 1 rings (SSSR count). The van der Waals surface area contributed by atoms with Crippen LogP contribution < -0.4 is 5.32 Å². The van der Waals surface area contributed by atoms with E-state index < -0.39 is 0 Å². The Morgan fingerprint density at radius 2 is 2.06 bits per heavy atom. The van der Waals surface area contributed by atoms with E-state index in [-0.39, 0.29) is 0 Å². The SMILES string of the molecule is CCCCCCCC(NC)c1ncccc1Br.